The lowest BCUT2D eigenvalue weighted by Crippen LogP contribution is -2.56. The Kier molecular flexibility index (Phi) is 5.60. The SMILES string of the molecule is COC(=O)CC1(NC(=O)CN)CCC1.Cl. The molecule has 0 saturated heterocycles. The van der Waals surface area contributed by atoms with Crippen LogP contribution in [0.1, 0.15) is 25.7 Å². The van der Waals surface area contributed by atoms with Crippen molar-refractivity contribution in [1.82, 2.24) is 5.32 Å². The number of carbonyl (C=O) groups is 2. The molecule has 0 atom stereocenters. The Morgan fingerprint density at radius 2 is 2.07 bits per heavy atom. The third-order valence-corrected chi connectivity index (χ3v) is 2.61. The third-order valence-electron chi connectivity index (χ3n) is 2.61. The van der Waals surface area contributed by atoms with Gasteiger partial charge in [-0.1, -0.05) is 0 Å². The van der Waals surface area contributed by atoms with E-state index < -0.39 is 0 Å². The first kappa shape index (κ1) is 14.2. The molecule has 5 nitrogen and oxygen atoms in total. The number of methoxy groups -OCH3 is 1. The molecule has 0 aromatic rings. The van der Waals surface area contributed by atoms with E-state index in [0.717, 1.165) is 19.3 Å². The van der Waals surface area contributed by atoms with Gasteiger partial charge in [-0.3, -0.25) is 9.59 Å². The van der Waals surface area contributed by atoms with Crippen LogP contribution >= 0.6 is 12.4 Å². The maximum absolute atomic E-state index is 11.1. The number of hydrogen-bond donors (Lipinski definition) is 2. The first-order valence-electron chi connectivity index (χ1n) is 4.70. The van der Waals surface area contributed by atoms with Gasteiger partial charge in [0.15, 0.2) is 0 Å². The molecule has 1 aliphatic carbocycles. The lowest BCUT2D eigenvalue weighted by atomic mass is 9.74. The average molecular weight is 237 g/mol. The fourth-order valence-corrected chi connectivity index (χ4v) is 1.64. The van der Waals surface area contributed by atoms with E-state index in [-0.39, 0.29) is 42.8 Å². The summed E-state index contributed by atoms with van der Waals surface area (Å²) in [7, 11) is 1.35. The Bertz CT molecular complexity index is 222. The highest BCUT2D eigenvalue weighted by atomic mass is 35.5. The maximum Gasteiger partial charge on any atom is 0.307 e. The molecule has 6 heteroatoms. The second-order valence-electron chi connectivity index (χ2n) is 3.64. The number of esters is 1. The van der Waals surface area contributed by atoms with Crippen LogP contribution in [-0.2, 0) is 14.3 Å². The zero-order valence-electron chi connectivity index (χ0n) is 8.75. The van der Waals surface area contributed by atoms with E-state index in [1.165, 1.54) is 7.11 Å². The smallest absolute Gasteiger partial charge is 0.307 e. The molecule has 3 N–H and O–H groups in total. The van der Waals surface area contributed by atoms with Gasteiger partial charge in [0.2, 0.25) is 5.91 Å². The number of amides is 1. The molecule has 0 radical (unpaired) electrons. The Balaban J connectivity index is 0.00000196. The van der Waals surface area contributed by atoms with E-state index in [0.29, 0.717) is 0 Å². The second kappa shape index (κ2) is 5.92. The quantitative estimate of drug-likeness (QED) is 0.672. The van der Waals surface area contributed by atoms with Gasteiger partial charge in [0.1, 0.15) is 0 Å². The van der Waals surface area contributed by atoms with E-state index in [4.69, 9.17) is 5.73 Å². The highest BCUT2D eigenvalue weighted by molar-refractivity contribution is 5.85. The second-order valence-corrected chi connectivity index (χ2v) is 3.64. The van der Waals surface area contributed by atoms with Crippen molar-refractivity contribution >= 4 is 24.3 Å². The first-order valence-corrected chi connectivity index (χ1v) is 4.70. The molecule has 88 valence electrons. The van der Waals surface area contributed by atoms with Crippen LogP contribution < -0.4 is 11.1 Å². The Labute approximate surface area is 95.1 Å². The van der Waals surface area contributed by atoms with Gasteiger partial charge in [-0.05, 0) is 19.3 Å². The van der Waals surface area contributed by atoms with Gasteiger partial charge in [-0.2, -0.15) is 0 Å². The predicted octanol–water partition coefficient (Wildman–Crippen LogP) is -0.0311. The number of hydrogen-bond acceptors (Lipinski definition) is 4. The Morgan fingerprint density at radius 3 is 2.40 bits per heavy atom. The van der Waals surface area contributed by atoms with E-state index in [1.807, 2.05) is 0 Å². The largest absolute Gasteiger partial charge is 0.469 e. The number of rotatable bonds is 4. The molecule has 0 aliphatic heterocycles. The molecule has 0 aromatic carbocycles. The van der Waals surface area contributed by atoms with Crippen LogP contribution in [-0.4, -0.2) is 31.1 Å². The van der Waals surface area contributed by atoms with Crippen molar-refractivity contribution in [2.24, 2.45) is 5.73 Å². The summed E-state index contributed by atoms with van der Waals surface area (Å²) in [5.74, 6) is -0.504. The van der Waals surface area contributed by atoms with Crippen LogP contribution in [0.2, 0.25) is 0 Å². The number of halogens is 1. The van der Waals surface area contributed by atoms with E-state index in [9.17, 15) is 9.59 Å². The zero-order chi connectivity index (χ0) is 10.6. The van der Waals surface area contributed by atoms with Crippen LogP contribution in [0.5, 0.6) is 0 Å². The Morgan fingerprint density at radius 1 is 1.47 bits per heavy atom. The van der Waals surface area contributed by atoms with Crippen molar-refractivity contribution in [1.29, 1.82) is 0 Å². The van der Waals surface area contributed by atoms with Gasteiger partial charge in [-0.25, -0.2) is 0 Å². The summed E-state index contributed by atoms with van der Waals surface area (Å²) in [5, 5.41) is 2.78. The summed E-state index contributed by atoms with van der Waals surface area (Å²) in [5.41, 5.74) is 4.81. The van der Waals surface area contributed by atoms with Crippen molar-refractivity contribution in [2.75, 3.05) is 13.7 Å². The summed E-state index contributed by atoms with van der Waals surface area (Å²) in [4.78, 5) is 22.2. The van der Waals surface area contributed by atoms with Gasteiger partial charge in [-0.15, -0.1) is 12.4 Å². The molecule has 1 fully saturated rings. The van der Waals surface area contributed by atoms with Crippen molar-refractivity contribution in [2.45, 2.75) is 31.2 Å². The van der Waals surface area contributed by atoms with Crippen LogP contribution in [0.15, 0.2) is 0 Å². The lowest BCUT2D eigenvalue weighted by molar-refractivity contribution is -0.143. The van der Waals surface area contributed by atoms with Gasteiger partial charge in [0, 0.05) is 0 Å². The fraction of sp³-hybridized carbons (Fsp3) is 0.778. The molecule has 0 bridgehead atoms. The average Bonchev–Trinajstić information content (AvgIpc) is 2.13. The van der Waals surface area contributed by atoms with Crippen LogP contribution in [0.3, 0.4) is 0 Å². The predicted molar refractivity (Wildman–Crippen MR) is 57.7 cm³/mol. The highest BCUT2D eigenvalue weighted by Gasteiger charge is 2.40. The Hall–Kier alpha value is -0.810. The fourth-order valence-electron chi connectivity index (χ4n) is 1.64. The molecule has 1 aliphatic rings. The normalized spacial score (nSPS) is 16.9. The molecular weight excluding hydrogens is 220 g/mol. The van der Waals surface area contributed by atoms with Gasteiger partial charge in [0.05, 0.1) is 25.6 Å². The minimum Gasteiger partial charge on any atom is -0.469 e. The van der Waals surface area contributed by atoms with Crippen LogP contribution in [0, 0.1) is 0 Å². The summed E-state index contributed by atoms with van der Waals surface area (Å²) in [6.07, 6.45) is 2.93. The van der Waals surface area contributed by atoms with Crippen molar-refractivity contribution in [3.8, 4) is 0 Å². The van der Waals surface area contributed by atoms with Gasteiger partial charge >= 0.3 is 5.97 Å². The summed E-state index contributed by atoms with van der Waals surface area (Å²) >= 11 is 0. The van der Waals surface area contributed by atoms with E-state index in [2.05, 4.69) is 10.1 Å². The molecule has 1 saturated carbocycles. The van der Waals surface area contributed by atoms with Crippen molar-refractivity contribution in [3.05, 3.63) is 0 Å². The third kappa shape index (κ3) is 3.68. The van der Waals surface area contributed by atoms with Crippen LogP contribution in [0.25, 0.3) is 0 Å². The molecule has 1 amide bonds. The molecule has 15 heavy (non-hydrogen) atoms. The summed E-state index contributed by atoms with van der Waals surface area (Å²) < 4.78 is 4.58. The summed E-state index contributed by atoms with van der Waals surface area (Å²) in [6.45, 7) is -0.0388. The molecule has 0 aromatic heterocycles. The standard InChI is InChI=1S/C9H16N2O3.ClH/c1-14-8(13)5-9(3-2-4-9)11-7(12)6-10;/h2-6,10H2,1H3,(H,11,12);1H. The topological polar surface area (TPSA) is 81.4 Å². The number of nitrogens with one attached hydrogen (secondary N) is 1. The van der Waals surface area contributed by atoms with Gasteiger partial charge < -0.3 is 15.8 Å². The molecule has 0 spiro atoms. The zero-order valence-corrected chi connectivity index (χ0v) is 9.56. The lowest BCUT2D eigenvalue weighted by Gasteiger charge is -2.41. The van der Waals surface area contributed by atoms with E-state index in [1.54, 1.807) is 0 Å². The first-order chi connectivity index (χ1) is 6.62. The highest BCUT2D eigenvalue weighted by Crippen LogP contribution is 2.35. The number of ether oxygens (including phenoxy) is 1. The number of nitrogens with two attached hydrogens (primary N) is 1. The van der Waals surface area contributed by atoms with E-state index >= 15 is 0 Å². The molecule has 0 heterocycles. The minimum atomic E-state index is -0.385. The summed E-state index contributed by atoms with van der Waals surface area (Å²) in [6, 6.07) is 0. The molecule has 0 unspecified atom stereocenters. The number of carbonyl (C=O) groups excluding carboxylic acids is 2. The minimum absolute atomic E-state index is 0. The van der Waals surface area contributed by atoms with Crippen molar-refractivity contribution in [3.63, 3.8) is 0 Å². The van der Waals surface area contributed by atoms with Crippen LogP contribution in [0.4, 0.5) is 0 Å². The molecular formula is C9H17ClN2O3. The molecule has 1 rings (SSSR count). The maximum atomic E-state index is 11.1. The monoisotopic (exact) mass is 236 g/mol. The van der Waals surface area contributed by atoms with Crippen molar-refractivity contribution < 1.29 is 14.3 Å². The van der Waals surface area contributed by atoms with Gasteiger partial charge in [0.25, 0.3) is 0 Å².